The quantitative estimate of drug-likeness (QED) is 0.204. The standard InChI is InChI=1S/C31H30N2O4/c1-23(31(36)32-19-18-24-10-4-2-5-11-24)33-21-26(14-8-9-15-30(34)35)28-20-27(16-17-29(28)33)37-22-25-12-6-3-7-13-25/h2-17,20-21,23H,18-19,22H2,1H3,(H,32,36)(H,34,35). The number of hydrogen-bond acceptors (Lipinski definition) is 3. The van der Waals surface area contributed by atoms with Gasteiger partial charge in [0.05, 0.1) is 0 Å². The Hall–Kier alpha value is -4.58. The summed E-state index contributed by atoms with van der Waals surface area (Å²) in [6, 6.07) is 25.4. The fraction of sp³-hybridized carbons (Fsp3) is 0.161. The Kier molecular flexibility index (Phi) is 8.55. The molecule has 1 heterocycles. The molecule has 0 bridgehead atoms. The number of carboxylic acid groups (broad SMARTS) is 1. The van der Waals surface area contributed by atoms with Crippen molar-refractivity contribution in [3.05, 3.63) is 120 Å². The Labute approximate surface area is 216 Å². The first-order chi connectivity index (χ1) is 18.0. The van der Waals surface area contributed by atoms with E-state index in [-0.39, 0.29) is 5.91 Å². The molecule has 4 aromatic rings. The summed E-state index contributed by atoms with van der Waals surface area (Å²) in [6.45, 7) is 2.87. The molecule has 0 saturated heterocycles. The van der Waals surface area contributed by atoms with Crippen LogP contribution in [0, 0.1) is 0 Å². The predicted molar refractivity (Wildman–Crippen MR) is 146 cm³/mol. The topological polar surface area (TPSA) is 80.6 Å². The van der Waals surface area contributed by atoms with Gasteiger partial charge in [-0.25, -0.2) is 4.79 Å². The smallest absolute Gasteiger partial charge is 0.328 e. The van der Waals surface area contributed by atoms with Gasteiger partial charge in [0.2, 0.25) is 5.91 Å². The second-order valence-corrected chi connectivity index (χ2v) is 8.70. The number of allylic oxidation sites excluding steroid dienone is 2. The number of hydrogen-bond donors (Lipinski definition) is 2. The third kappa shape index (κ3) is 6.98. The molecule has 0 saturated carbocycles. The third-order valence-electron chi connectivity index (χ3n) is 6.06. The number of fused-ring (bicyclic) bond motifs is 1. The summed E-state index contributed by atoms with van der Waals surface area (Å²) in [5, 5.41) is 12.8. The van der Waals surface area contributed by atoms with E-state index in [4.69, 9.17) is 9.84 Å². The predicted octanol–water partition coefficient (Wildman–Crippen LogP) is 5.79. The van der Waals surface area contributed by atoms with Gasteiger partial charge in [0.25, 0.3) is 0 Å². The van der Waals surface area contributed by atoms with E-state index in [1.807, 2.05) is 103 Å². The lowest BCUT2D eigenvalue weighted by molar-refractivity contribution is -0.131. The van der Waals surface area contributed by atoms with Crippen LogP contribution in [0.4, 0.5) is 0 Å². The molecule has 4 rings (SSSR count). The van der Waals surface area contributed by atoms with Crippen LogP contribution in [0.3, 0.4) is 0 Å². The number of aromatic nitrogens is 1. The van der Waals surface area contributed by atoms with Gasteiger partial charge in [-0.05, 0) is 42.7 Å². The Morgan fingerprint density at radius 2 is 1.68 bits per heavy atom. The first kappa shape index (κ1) is 25.5. The molecule has 1 atom stereocenters. The molecular weight excluding hydrogens is 464 g/mol. The lowest BCUT2D eigenvalue weighted by Crippen LogP contribution is -2.32. The average Bonchev–Trinajstić information content (AvgIpc) is 3.28. The molecule has 2 N–H and O–H groups in total. The van der Waals surface area contributed by atoms with E-state index in [9.17, 15) is 9.59 Å². The molecule has 1 unspecified atom stereocenters. The van der Waals surface area contributed by atoms with Gasteiger partial charge in [0, 0.05) is 35.3 Å². The number of nitrogens with zero attached hydrogens (tertiary/aromatic N) is 1. The van der Waals surface area contributed by atoms with Gasteiger partial charge >= 0.3 is 5.97 Å². The summed E-state index contributed by atoms with van der Waals surface area (Å²) in [6.07, 6.45) is 8.73. The minimum atomic E-state index is -1.01. The van der Waals surface area contributed by atoms with Crippen LogP contribution in [0.5, 0.6) is 5.75 Å². The van der Waals surface area contributed by atoms with Crippen molar-refractivity contribution in [1.29, 1.82) is 0 Å². The molecule has 6 nitrogen and oxygen atoms in total. The fourth-order valence-corrected chi connectivity index (χ4v) is 4.09. The Morgan fingerprint density at radius 3 is 2.38 bits per heavy atom. The van der Waals surface area contributed by atoms with Crippen LogP contribution in [0.25, 0.3) is 17.0 Å². The molecular formula is C31H30N2O4. The summed E-state index contributed by atoms with van der Waals surface area (Å²) >= 11 is 0. The number of amides is 1. The first-order valence-electron chi connectivity index (χ1n) is 12.2. The Morgan fingerprint density at radius 1 is 0.973 bits per heavy atom. The van der Waals surface area contributed by atoms with Crippen LogP contribution in [0.1, 0.15) is 29.7 Å². The molecule has 1 amide bonds. The highest BCUT2D eigenvalue weighted by Crippen LogP contribution is 2.30. The maximum Gasteiger partial charge on any atom is 0.328 e. The van der Waals surface area contributed by atoms with E-state index >= 15 is 0 Å². The molecule has 0 aliphatic heterocycles. The molecule has 0 aliphatic rings. The maximum absolute atomic E-state index is 13.0. The number of benzene rings is 3. The van der Waals surface area contributed by atoms with Gasteiger partial charge in [-0.2, -0.15) is 0 Å². The molecule has 0 spiro atoms. The van der Waals surface area contributed by atoms with Gasteiger partial charge in [-0.15, -0.1) is 0 Å². The van der Waals surface area contributed by atoms with Crippen LogP contribution in [0.15, 0.2) is 103 Å². The Bertz CT molecular complexity index is 1410. The van der Waals surface area contributed by atoms with Crippen molar-refractivity contribution in [3.8, 4) is 5.75 Å². The van der Waals surface area contributed by atoms with E-state index < -0.39 is 12.0 Å². The van der Waals surface area contributed by atoms with Crippen LogP contribution in [0.2, 0.25) is 0 Å². The van der Waals surface area contributed by atoms with Crippen molar-refractivity contribution in [2.75, 3.05) is 6.54 Å². The normalized spacial score (nSPS) is 12.2. The second-order valence-electron chi connectivity index (χ2n) is 8.70. The van der Waals surface area contributed by atoms with Gasteiger partial charge < -0.3 is 19.7 Å². The van der Waals surface area contributed by atoms with E-state index in [0.717, 1.165) is 34.5 Å². The largest absolute Gasteiger partial charge is 0.489 e. The zero-order valence-corrected chi connectivity index (χ0v) is 20.7. The zero-order chi connectivity index (χ0) is 26.0. The highest BCUT2D eigenvalue weighted by atomic mass is 16.5. The van der Waals surface area contributed by atoms with Crippen LogP contribution in [-0.2, 0) is 22.6 Å². The number of nitrogens with one attached hydrogen (secondary N) is 1. The lowest BCUT2D eigenvalue weighted by Gasteiger charge is -2.16. The van der Waals surface area contributed by atoms with Gasteiger partial charge in [0.15, 0.2) is 0 Å². The summed E-state index contributed by atoms with van der Waals surface area (Å²) in [7, 11) is 0. The molecule has 6 heteroatoms. The number of carbonyl (C=O) groups excluding carboxylic acids is 1. The minimum Gasteiger partial charge on any atom is -0.489 e. The van der Waals surface area contributed by atoms with Crippen molar-refractivity contribution < 1.29 is 19.4 Å². The van der Waals surface area contributed by atoms with Crippen LogP contribution >= 0.6 is 0 Å². The molecule has 0 radical (unpaired) electrons. The van der Waals surface area contributed by atoms with E-state index in [0.29, 0.717) is 18.9 Å². The monoisotopic (exact) mass is 494 g/mol. The van der Waals surface area contributed by atoms with Crippen molar-refractivity contribution >= 4 is 28.9 Å². The molecule has 188 valence electrons. The van der Waals surface area contributed by atoms with Crippen LogP contribution in [-0.4, -0.2) is 28.1 Å². The zero-order valence-electron chi connectivity index (χ0n) is 20.7. The van der Waals surface area contributed by atoms with Crippen molar-refractivity contribution in [2.24, 2.45) is 0 Å². The lowest BCUT2D eigenvalue weighted by atomic mass is 10.1. The summed E-state index contributed by atoms with van der Waals surface area (Å²) in [5.41, 5.74) is 3.99. The number of aliphatic carboxylic acids is 1. The van der Waals surface area contributed by atoms with Gasteiger partial charge in [0.1, 0.15) is 18.4 Å². The number of rotatable bonds is 11. The third-order valence-corrected chi connectivity index (χ3v) is 6.06. The number of carboxylic acids is 1. The minimum absolute atomic E-state index is 0.0708. The van der Waals surface area contributed by atoms with Crippen molar-refractivity contribution in [3.63, 3.8) is 0 Å². The van der Waals surface area contributed by atoms with E-state index in [1.165, 1.54) is 11.6 Å². The van der Waals surface area contributed by atoms with Crippen LogP contribution < -0.4 is 10.1 Å². The van der Waals surface area contributed by atoms with Crippen molar-refractivity contribution in [1.82, 2.24) is 9.88 Å². The number of carbonyl (C=O) groups is 2. The molecule has 1 aromatic heterocycles. The SMILES string of the molecule is CC(C(=O)NCCc1ccccc1)n1cc(C=CC=CC(=O)O)c2cc(OCc3ccccc3)ccc21. The van der Waals surface area contributed by atoms with Gasteiger partial charge in [-0.3, -0.25) is 4.79 Å². The van der Waals surface area contributed by atoms with Crippen molar-refractivity contribution in [2.45, 2.75) is 26.0 Å². The average molecular weight is 495 g/mol. The highest BCUT2D eigenvalue weighted by Gasteiger charge is 2.18. The molecule has 37 heavy (non-hydrogen) atoms. The van der Waals surface area contributed by atoms with Gasteiger partial charge in [-0.1, -0.05) is 78.9 Å². The molecule has 0 aliphatic carbocycles. The Balaban J connectivity index is 1.55. The maximum atomic E-state index is 13.0. The number of ether oxygens (including phenoxy) is 1. The van der Waals surface area contributed by atoms with E-state index in [1.54, 1.807) is 6.08 Å². The van der Waals surface area contributed by atoms with E-state index in [2.05, 4.69) is 5.32 Å². The summed E-state index contributed by atoms with van der Waals surface area (Å²) in [4.78, 5) is 23.8. The first-order valence-corrected chi connectivity index (χ1v) is 12.2. The second kappa shape index (κ2) is 12.4. The summed E-state index contributed by atoms with van der Waals surface area (Å²) in [5.74, 6) is -0.368. The molecule has 3 aromatic carbocycles. The highest BCUT2D eigenvalue weighted by molar-refractivity contribution is 5.93. The fourth-order valence-electron chi connectivity index (χ4n) is 4.09. The molecule has 0 fully saturated rings. The summed E-state index contributed by atoms with van der Waals surface area (Å²) < 4.78 is 7.96.